The molecule has 4 heteroatoms. The number of ether oxygens (including phenoxy) is 1. The summed E-state index contributed by atoms with van der Waals surface area (Å²) >= 11 is 0. The molecule has 0 aromatic carbocycles. The average Bonchev–Trinajstić information content (AvgIpc) is 2.14. The molecule has 0 rings (SSSR count). The van der Waals surface area contributed by atoms with Gasteiger partial charge < -0.3 is 9.84 Å². The molecule has 0 aliphatic carbocycles. The average molecular weight is 226 g/mol. The fourth-order valence-electron chi connectivity index (χ4n) is 1.44. The molecule has 0 aromatic rings. The number of carbonyl (C=O) groups is 2. The van der Waals surface area contributed by atoms with E-state index in [0.717, 1.165) is 11.1 Å². The van der Waals surface area contributed by atoms with E-state index in [-0.39, 0.29) is 11.9 Å². The molecule has 0 bridgehead atoms. The van der Waals surface area contributed by atoms with Crippen molar-refractivity contribution in [2.75, 3.05) is 7.11 Å². The maximum absolute atomic E-state index is 11.1. The van der Waals surface area contributed by atoms with E-state index in [1.54, 1.807) is 19.9 Å². The molecule has 1 unspecified atom stereocenters. The van der Waals surface area contributed by atoms with E-state index in [9.17, 15) is 9.59 Å². The molecule has 0 spiro atoms. The van der Waals surface area contributed by atoms with Gasteiger partial charge in [-0.3, -0.25) is 4.79 Å². The monoisotopic (exact) mass is 226 g/mol. The first-order valence-electron chi connectivity index (χ1n) is 5.02. The van der Waals surface area contributed by atoms with Crippen molar-refractivity contribution in [1.82, 2.24) is 0 Å². The second kappa shape index (κ2) is 6.82. The molecule has 16 heavy (non-hydrogen) atoms. The molecule has 0 aromatic heterocycles. The zero-order chi connectivity index (χ0) is 12.7. The predicted octanol–water partition coefficient (Wildman–Crippen LogP) is 2.16. The normalized spacial score (nSPS) is 14.5. The van der Waals surface area contributed by atoms with Crippen LogP contribution in [0.4, 0.5) is 0 Å². The molecule has 0 fully saturated rings. The van der Waals surface area contributed by atoms with Gasteiger partial charge >= 0.3 is 11.9 Å². The zero-order valence-corrected chi connectivity index (χ0v) is 10.1. The molecule has 4 nitrogen and oxygen atoms in total. The van der Waals surface area contributed by atoms with Gasteiger partial charge in [0.25, 0.3) is 0 Å². The number of hydrogen-bond acceptors (Lipinski definition) is 3. The second-order valence-corrected chi connectivity index (χ2v) is 3.83. The Morgan fingerprint density at radius 3 is 2.31 bits per heavy atom. The molecule has 0 saturated heterocycles. The standard InChI is InChI=1S/C12H18O4/c1-8(5-9(2)7-11(13)14)6-10(3)12(15)16-4/h6-7,10H,5H2,1-4H3,(H,13,14). The Balaban J connectivity index is 4.46. The van der Waals surface area contributed by atoms with Crippen molar-refractivity contribution in [3.8, 4) is 0 Å². The minimum Gasteiger partial charge on any atom is -0.478 e. The highest BCUT2D eigenvalue weighted by molar-refractivity contribution is 5.80. The molecule has 0 aliphatic heterocycles. The third-order valence-corrected chi connectivity index (χ3v) is 2.04. The fraction of sp³-hybridized carbons (Fsp3) is 0.500. The lowest BCUT2D eigenvalue weighted by Gasteiger charge is -2.06. The van der Waals surface area contributed by atoms with Crippen molar-refractivity contribution >= 4 is 11.9 Å². The van der Waals surface area contributed by atoms with Crippen LogP contribution in [0.25, 0.3) is 0 Å². The lowest BCUT2D eigenvalue weighted by molar-refractivity contribution is -0.143. The minimum absolute atomic E-state index is 0.292. The molecule has 0 saturated carbocycles. The molecular formula is C12H18O4. The number of carboxylic acids is 1. The van der Waals surface area contributed by atoms with E-state index in [2.05, 4.69) is 4.74 Å². The summed E-state index contributed by atoms with van der Waals surface area (Å²) in [6, 6.07) is 0. The molecule has 0 amide bonds. The minimum atomic E-state index is -0.952. The van der Waals surface area contributed by atoms with E-state index >= 15 is 0 Å². The Kier molecular flexibility index (Phi) is 6.15. The van der Waals surface area contributed by atoms with Gasteiger partial charge in [-0.05, 0) is 27.2 Å². The first kappa shape index (κ1) is 14.4. The van der Waals surface area contributed by atoms with Crippen molar-refractivity contribution in [3.05, 3.63) is 23.3 Å². The van der Waals surface area contributed by atoms with Crippen LogP contribution in [0.1, 0.15) is 27.2 Å². The largest absolute Gasteiger partial charge is 0.478 e. The molecule has 1 N–H and O–H groups in total. The first-order chi connectivity index (χ1) is 7.36. The summed E-state index contributed by atoms with van der Waals surface area (Å²) in [6.45, 7) is 5.35. The van der Waals surface area contributed by atoms with E-state index in [4.69, 9.17) is 5.11 Å². The molecule has 1 atom stereocenters. The maximum atomic E-state index is 11.1. The Morgan fingerprint density at radius 1 is 1.31 bits per heavy atom. The summed E-state index contributed by atoms with van der Waals surface area (Å²) in [5.41, 5.74) is 1.70. The van der Waals surface area contributed by atoms with E-state index in [0.29, 0.717) is 6.42 Å². The number of carboxylic acid groups (broad SMARTS) is 1. The van der Waals surface area contributed by atoms with Crippen LogP contribution in [-0.4, -0.2) is 24.2 Å². The number of carbonyl (C=O) groups excluding carboxylic acids is 1. The molecule has 0 heterocycles. The predicted molar refractivity (Wildman–Crippen MR) is 60.9 cm³/mol. The highest BCUT2D eigenvalue weighted by Gasteiger charge is 2.09. The summed E-state index contributed by atoms with van der Waals surface area (Å²) in [6.07, 6.45) is 3.50. The number of methoxy groups -OCH3 is 1. The lowest BCUT2D eigenvalue weighted by Crippen LogP contribution is -2.10. The van der Waals surface area contributed by atoms with Crippen LogP contribution in [0, 0.1) is 5.92 Å². The fourth-order valence-corrected chi connectivity index (χ4v) is 1.44. The number of allylic oxidation sites excluding steroid dienone is 2. The van der Waals surface area contributed by atoms with Crippen molar-refractivity contribution in [1.29, 1.82) is 0 Å². The first-order valence-corrected chi connectivity index (χ1v) is 5.02. The van der Waals surface area contributed by atoms with Gasteiger partial charge in [-0.2, -0.15) is 0 Å². The number of hydrogen-bond donors (Lipinski definition) is 1. The van der Waals surface area contributed by atoms with Crippen molar-refractivity contribution < 1.29 is 19.4 Å². The van der Waals surface area contributed by atoms with Crippen LogP contribution in [0.2, 0.25) is 0 Å². The number of esters is 1. The van der Waals surface area contributed by atoms with Crippen molar-refractivity contribution in [2.45, 2.75) is 27.2 Å². The van der Waals surface area contributed by atoms with Gasteiger partial charge in [-0.1, -0.05) is 17.2 Å². The van der Waals surface area contributed by atoms with Crippen molar-refractivity contribution in [2.24, 2.45) is 5.92 Å². The summed E-state index contributed by atoms with van der Waals surface area (Å²) in [5, 5.41) is 8.53. The van der Waals surface area contributed by atoms with E-state index in [1.807, 2.05) is 6.92 Å². The number of rotatable bonds is 5. The van der Waals surface area contributed by atoms with Crippen LogP contribution in [0.15, 0.2) is 23.3 Å². The quantitative estimate of drug-likeness (QED) is 0.443. The number of aliphatic carboxylic acids is 1. The second-order valence-electron chi connectivity index (χ2n) is 3.83. The summed E-state index contributed by atoms with van der Waals surface area (Å²) in [7, 11) is 1.34. The van der Waals surface area contributed by atoms with Crippen LogP contribution >= 0.6 is 0 Å². The third kappa shape index (κ3) is 6.01. The van der Waals surface area contributed by atoms with Crippen LogP contribution in [0.3, 0.4) is 0 Å². The van der Waals surface area contributed by atoms with Gasteiger partial charge in [0.05, 0.1) is 13.0 Å². The molecule has 0 radical (unpaired) electrons. The summed E-state index contributed by atoms with van der Waals surface area (Å²) in [5.74, 6) is -1.55. The lowest BCUT2D eigenvalue weighted by atomic mass is 10.0. The van der Waals surface area contributed by atoms with Crippen molar-refractivity contribution in [3.63, 3.8) is 0 Å². The van der Waals surface area contributed by atoms with Gasteiger partial charge in [0.2, 0.25) is 0 Å². The molecule has 0 aliphatic rings. The Morgan fingerprint density at radius 2 is 1.88 bits per heavy atom. The van der Waals surface area contributed by atoms with Gasteiger partial charge in [-0.15, -0.1) is 0 Å². The van der Waals surface area contributed by atoms with E-state index < -0.39 is 5.97 Å². The van der Waals surface area contributed by atoms with Gasteiger partial charge in [-0.25, -0.2) is 4.79 Å². The molecule has 90 valence electrons. The Hall–Kier alpha value is -1.58. The molecular weight excluding hydrogens is 208 g/mol. The van der Waals surface area contributed by atoms with Crippen LogP contribution in [-0.2, 0) is 14.3 Å². The summed E-state index contributed by atoms with van der Waals surface area (Å²) < 4.78 is 4.59. The SMILES string of the molecule is COC(=O)C(C)C=C(C)CC(C)=CC(=O)O. The zero-order valence-electron chi connectivity index (χ0n) is 10.1. The highest BCUT2D eigenvalue weighted by Crippen LogP contribution is 2.13. The topological polar surface area (TPSA) is 63.6 Å². The third-order valence-electron chi connectivity index (χ3n) is 2.04. The Bertz CT molecular complexity index is 326. The highest BCUT2D eigenvalue weighted by atomic mass is 16.5. The van der Waals surface area contributed by atoms with Crippen LogP contribution < -0.4 is 0 Å². The van der Waals surface area contributed by atoms with Crippen LogP contribution in [0.5, 0.6) is 0 Å². The maximum Gasteiger partial charge on any atom is 0.328 e. The van der Waals surface area contributed by atoms with Gasteiger partial charge in [0, 0.05) is 6.08 Å². The summed E-state index contributed by atoms with van der Waals surface area (Å²) in [4.78, 5) is 21.5. The van der Waals surface area contributed by atoms with Gasteiger partial charge in [0.1, 0.15) is 0 Å². The van der Waals surface area contributed by atoms with Gasteiger partial charge in [0.15, 0.2) is 0 Å². The van der Waals surface area contributed by atoms with E-state index in [1.165, 1.54) is 13.2 Å². The Labute approximate surface area is 95.6 Å². The smallest absolute Gasteiger partial charge is 0.328 e.